The number of nitrogens with zero attached hydrogens (tertiary/aromatic N) is 1. The summed E-state index contributed by atoms with van der Waals surface area (Å²) in [5.41, 5.74) is 0.159. The monoisotopic (exact) mass is 324 g/mol. The summed E-state index contributed by atoms with van der Waals surface area (Å²) < 4.78 is 0. The molecule has 126 valence electrons. The maximum absolute atomic E-state index is 4.70. The summed E-state index contributed by atoms with van der Waals surface area (Å²) in [4.78, 5) is 6.14. The zero-order valence-electron chi connectivity index (χ0n) is 14.7. The van der Waals surface area contributed by atoms with Gasteiger partial charge in [-0.05, 0) is 51.5 Å². The lowest BCUT2D eigenvalue weighted by molar-refractivity contribution is 0.428. The van der Waals surface area contributed by atoms with Gasteiger partial charge in [0.1, 0.15) is 0 Å². The average Bonchev–Trinajstić information content (AvgIpc) is 2.92. The highest BCUT2D eigenvalue weighted by molar-refractivity contribution is 7.09. The highest BCUT2D eigenvalue weighted by atomic mass is 32.1. The second kappa shape index (κ2) is 9.85. The molecular formula is C17H32N4S. The number of nitrogens with one attached hydrogen (secondary N) is 3. The molecule has 3 N–H and O–H groups in total. The Morgan fingerprint density at radius 3 is 2.64 bits per heavy atom. The molecule has 4 nitrogen and oxygen atoms in total. The second-order valence-electron chi connectivity index (χ2n) is 6.71. The fraction of sp³-hybridized carbons (Fsp3) is 0.706. The quantitative estimate of drug-likeness (QED) is 0.391. The van der Waals surface area contributed by atoms with E-state index in [-0.39, 0.29) is 5.54 Å². The van der Waals surface area contributed by atoms with Crippen LogP contribution in [0, 0.1) is 5.92 Å². The molecule has 0 amide bonds. The van der Waals surface area contributed by atoms with Gasteiger partial charge in [0.2, 0.25) is 0 Å². The smallest absolute Gasteiger partial charge is 0.191 e. The molecule has 1 atom stereocenters. The topological polar surface area (TPSA) is 48.5 Å². The zero-order valence-corrected chi connectivity index (χ0v) is 15.5. The van der Waals surface area contributed by atoms with E-state index in [4.69, 9.17) is 4.99 Å². The van der Waals surface area contributed by atoms with Crippen LogP contribution in [0.15, 0.2) is 22.5 Å². The van der Waals surface area contributed by atoms with Gasteiger partial charge in [0.25, 0.3) is 0 Å². The van der Waals surface area contributed by atoms with Crippen LogP contribution in [-0.4, -0.2) is 37.7 Å². The predicted octanol–water partition coefficient (Wildman–Crippen LogP) is 2.87. The van der Waals surface area contributed by atoms with Crippen LogP contribution >= 0.6 is 11.3 Å². The zero-order chi connectivity index (χ0) is 16.4. The van der Waals surface area contributed by atoms with E-state index in [0.29, 0.717) is 5.92 Å². The van der Waals surface area contributed by atoms with Crippen molar-refractivity contribution in [1.82, 2.24) is 16.0 Å². The first-order valence-corrected chi connectivity index (χ1v) is 9.08. The molecule has 0 bridgehead atoms. The van der Waals surface area contributed by atoms with Crippen LogP contribution in [0.5, 0.6) is 0 Å². The number of hydrogen-bond donors (Lipinski definition) is 3. The Morgan fingerprint density at radius 2 is 2.05 bits per heavy atom. The molecule has 0 radical (unpaired) electrons. The van der Waals surface area contributed by atoms with Crippen molar-refractivity contribution in [1.29, 1.82) is 0 Å². The van der Waals surface area contributed by atoms with E-state index in [1.807, 2.05) is 11.3 Å². The minimum Gasteiger partial charge on any atom is -0.357 e. The molecule has 0 aliphatic carbocycles. The molecule has 1 unspecified atom stereocenters. The van der Waals surface area contributed by atoms with Crippen molar-refractivity contribution in [3.8, 4) is 0 Å². The van der Waals surface area contributed by atoms with Gasteiger partial charge in [-0.15, -0.1) is 11.3 Å². The Balaban J connectivity index is 2.34. The summed E-state index contributed by atoms with van der Waals surface area (Å²) in [5.74, 6) is 1.47. The summed E-state index contributed by atoms with van der Waals surface area (Å²) in [5, 5.41) is 12.3. The van der Waals surface area contributed by atoms with Crippen LogP contribution in [0.4, 0.5) is 0 Å². The van der Waals surface area contributed by atoms with E-state index >= 15 is 0 Å². The summed E-state index contributed by atoms with van der Waals surface area (Å²) in [6.07, 6.45) is 1.10. The molecule has 1 aromatic heterocycles. The van der Waals surface area contributed by atoms with Crippen molar-refractivity contribution in [3.63, 3.8) is 0 Å². The van der Waals surface area contributed by atoms with Crippen LogP contribution in [0.2, 0.25) is 0 Å². The maximum Gasteiger partial charge on any atom is 0.191 e. The van der Waals surface area contributed by atoms with E-state index in [1.54, 1.807) is 0 Å². The van der Waals surface area contributed by atoms with Gasteiger partial charge in [-0.1, -0.05) is 13.0 Å². The Kier molecular flexibility index (Phi) is 8.49. The first-order valence-electron chi connectivity index (χ1n) is 8.20. The molecule has 0 fully saturated rings. The molecule has 0 aliphatic heterocycles. The average molecular weight is 325 g/mol. The van der Waals surface area contributed by atoms with Gasteiger partial charge in [0.15, 0.2) is 5.96 Å². The SMILES string of the molecule is CCNC(=NCC(C)Cc1cccs1)NCCNC(C)(C)C. The first-order chi connectivity index (χ1) is 10.4. The van der Waals surface area contributed by atoms with Crippen LogP contribution < -0.4 is 16.0 Å². The van der Waals surface area contributed by atoms with Gasteiger partial charge in [-0.2, -0.15) is 0 Å². The van der Waals surface area contributed by atoms with Crippen molar-refractivity contribution in [3.05, 3.63) is 22.4 Å². The van der Waals surface area contributed by atoms with E-state index in [2.05, 4.69) is 68.1 Å². The third-order valence-electron chi connectivity index (χ3n) is 3.11. The van der Waals surface area contributed by atoms with E-state index < -0.39 is 0 Å². The summed E-state index contributed by atoms with van der Waals surface area (Å²) >= 11 is 1.83. The van der Waals surface area contributed by atoms with Gasteiger partial charge in [0, 0.05) is 36.6 Å². The van der Waals surface area contributed by atoms with Crippen molar-refractivity contribution < 1.29 is 0 Å². The number of rotatable bonds is 8. The highest BCUT2D eigenvalue weighted by Crippen LogP contribution is 2.14. The Hall–Kier alpha value is -1.07. The minimum atomic E-state index is 0.159. The van der Waals surface area contributed by atoms with E-state index in [9.17, 15) is 0 Å². The Bertz CT molecular complexity index is 420. The largest absolute Gasteiger partial charge is 0.357 e. The highest BCUT2D eigenvalue weighted by Gasteiger charge is 2.08. The third-order valence-corrected chi connectivity index (χ3v) is 4.01. The van der Waals surface area contributed by atoms with Gasteiger partial charge < -0.3 is 16.0 Å². The first kappa shape index (κ1) is 19.0. The lowest BCUT2D eigenvalue weighted by Crippen LogP contribution is -2.44. The van der Waals surface area contributed by atoms with Crippen LogP contribution in [0.3, 0.4) is 0 Å². The molecule has 0 saturated carbocycles. The van der Waals surface area contributed by atoms with E-state index in [0.717, 1.165) is 38.6 Å². The Morgan fingerprint density at radius 1 is 1.27 bits per heavy atom. The molecule has 0 saturated heterocycles. The number of thiophene rings is 1. The lowest BCUT2D eigenvalue weighted by Gasteiger charge is -2.21. The van der Waals surface area contributed by atoms with Gasteiger partial charge >= 0.3 is 0 Å². The minimum absolute atomic E-state index is 0.159. The number of aliphatic imine (C=N–C) groups is 1. The molecule has 5 heteroatoms. The van der Waals surface area contributed by atoms with Gasteiger partial charge in [0.05, 0.1) is 0 Å². The molecule has 0 aromatic carbocycles. The summed E-state index contributed by atoms with van der Waals surface area (Å²) in [6.45, 7) is 14.4. The molecule has 0 spiro atoms. The maximum atomic E-state index is 4.70. The summed E-state index contributed by atoms with van der Waals surface area (Å²) in [6, 6.07) is 4.32. The van der Waals surface area contributed by atoms with Crippen LogP contribution in [-0.2, 0) is 6.42 Å². The molecule has 0 aliphatic rings. The van der Waals surface area contributed by atoms with Crippen molar-refractivity contribution in [2.45, 2.75) is 46.6 Å². The third kappa shape index (κ3) is 9.05. The normalized spacial score (nSPS) is 14.0. The molecule has 22 heavy (non-hydrogen) atoms. The van der Waals surface area contributed by atoms with E-state index in [1.165, 1.54) is 4.88 Å². The molecule has 1 rings (SSSR count). The van der Waals surface area contributed by atoms with Crippen LogP contribution in [0.1, 0.15) is 39.5 Å². The van der Waals surface area contributed by atoms with Gasteiger partial charge in [-0.25, -0.2) is 0 Å². The number of guanidine groups is 1. The van der Waals surface area contributed by atoms with Crippen LogP contribution in [0.25, 0.3) is 0 Å². The number of hydrogen-bond acceptors (Lipinski definition) is 3. The van der Waals surface area contributed by atoms with Crippen molar-refractivity contribution in [2.24, 2.45) is 10.9 Å². The summed E-state index contributed by atoms with van der Waals surface area (Å²) in [7, 11) is 0. The second-order valence-corrected chi connectivity index (χ2v) is 7.74. The molecule has 1 aromatic rings. The molecule has 1 heterocycles. The standard InChI is InChI=1S/C17H32N4S/c1-6-18-16(19-9-10-21-17(3,4)5)20-13-14(2)12-15-8-7-11-22-15/h7-8,11,14,21H,6,9-10,12-13H2,1-5H3,(H2,18,19,20). The fourth-order valence-electron chi connectivity index (χ4n) is 2.04. The van der Waals surface area contributed by atoms with Crippen molar-refractivity contribution >= 4 is 17.3 Å². The van der Waals surface area contributed by atoms with Crippen molar-refractivity contribution in [2.75, 3.05) is 26.2 Å². The Labute approximate surface area is 139 Å². The molecular weight excluding hydrogens is 292 g/mol. The fourth-order valence-corrected chi connectivity index (χ4v) is 2.91. The lowest BCUT2D eigenvalue weighted by atomic mass is 10.1. The predicted molar refractivity (Wildman–Crippen MR) is 98.9 cm³/mol. The van der Waals surface area contributed by atoms with Gasteiger partial charge in [-0.3, -0.25) is 4.99 Å².